The highest BCUT2D eigenvalue weighted by Gasteiger charge is 2.19. The number of hydrogen-bond acceptors (Lipinski definition) is 3. The number of pyridine rings is 1. The predicted octanol–water partition coefficient (Wildman–Crippen LogP) is 3.19. The first kappa shape index (κ1) is 12.2. The normalized spacial score (nSPS) is 15.1. The zero-order chi connectivity index (χ0) is 13.4. The Bertz CT molecular complexity index is 651. The molecule has 1 aliphatic rings. The van der Waals surface area contributed by atoms with Gasteiger partial charge in [0, 0.05) is 24.7 Å². The molecule has 5 heteroatoms. The minimum absolute atomic E-state index is 0.261. The van der Waals surface area contributed by atoms with Crippen LogP contribution >= 0.6 is 11.6 Å². The van der Waals surface area contributed by atoms with E-state index in [1.165, 1.54) is 0 Å². The third kappa shape index (κ3) is 2.12. The Hall–Kier alpha value is -1.81. The van der Waals surface area contributed by atoms with E-state index in [0.29, 0.717) is 5.02 Å². The summed E-state index contributed by atoms with van der Waals surface area (Å²) in [5.41, 5.74) is 1.94. The number of halogens is 1. The summed E-state index contributed by atoms with van der Waals surface area (Å²) in [4.78, 5) is 17.6. The van der Waals surface area contributed by atoms with Crippen LogP contribution in [0.2, 0.25) is 5.02 Å². The highest BCUT2D eigenvalue weighted by Crippen LogP contribution is 2.35. The molecule has 1 fully saturated rings. The summed E-state index contributed by atoms with van der Waals surface area (Å²) in [5, 5.41) is 10.5. The first-order chi connectivity index (χ1) is 9.16. The Morgan fingerprint density at radius 1 is 1.32 bits per heavy atom. The van der Waals surface area contributed by atoms with E-state index in [4.69, 9.17) is 16.7 Å². The van der Waals surface area contributed by atoms with Gasteiger partial charge in [0.1, 0.15) is 0 Å². The molecule has 0 spiro atoms. The van der Waals surface area contributed by atoms with Crippen molar-refractivity contribution in [2.24, 2.45) is 0 Å². The molecule has 2 aromatic rings. The Balaban J connectivity index is 2.24. The number of carbonyl (C=O) groups is 1. The summed E-state index contributed by atoms with van der Waals surface area (Å²) in [6.07, 6.45) is 3.91. The summed E-state index contributed by atoms with van der Waals surface area (Å²) >= 11 is 6.26. The SMILES string of the molecule is O=C(O)c1ccc2ncc(Cl)c(N3CCCC3)c2c1. The van der Waals surface area contributed by atoms with Gasteiger partial charge < -0.3 is 10.0 Å². The topological polar surface area (TPSA) is 53.4 Å². The van der Waals surface area contributed by atoms with Gasteiger partial charge >= 0.3 is 5.97 Å². The Morgan fingerprint density at radius 3 is 2.74 bits per heavy atom. The van der Waals surface area contributed by atoms with Crippen molar-refractivity contribution in [1.29, 1.82) is 0 Å². The van der Waals surface area contributed by atoms with Crippen LogP contribution in [0.3, 0.4) is 0 Å². The number of benzene rings is 1. The smallest absolute Gasteiger partial charge is 0.335 e. The second-order valence-corrected chi connectivity index (χ2v) is 5.09. The van der Waals surface area contributed by atoms with Gasteiger partial charge in [-0.2, -0.15) is 0 Å². The van der Waals surface area contributed by atoms with Gasteiger partial charge in [0.05, 0.1) is 21.8 Å². The number of fused-ring (bicyclic) bond motifs is 1. The van der Waals surface area contributed by atoms with Gasteiger partial charge in [-0.15, -0.1) is 0 Å². The molecule has 1 aliphatic heterocycles. The maximum atomic E-state index is 11.1. The molecule has 0 aliphatic carbocycles. The number of rotatable bonds is 2. The highest BCUT2D eigenvalue weighted by atomic mass is 35.5. The van der Waals surface area contributed by atoms with Crippen LogP contribution < -0.4 is 4.90 Å². The minimum atomic E-state index is -0.936. The molecular formula is C14H13ClN2O2. The molecule has 0 saturated carbocycles. The fourth-order valence-electron chi connectivity index (χ4n) is 2.55. The maximum absolute atomic E-state index is 11.1. The standard InChI is InChI=1S/C14H13ClN2O2/c15-11-8-16-12-4-3-9(14(18)19)7-10(12)13(11)17-5-1-2-6-17/h3-4,7-8H,1-2,5-6H2,(H,18,19). The van der Waals surface area contributed by atoms with E-state index in [0.717, 1.165) is 42.5 Å². The van der Waals surface area contributed by atoms with Crippen molar-refractivity contribution in [3.05, 3.63) is 35.0 Å². The summed E-state index contributed by atoms with van der Waals surface area (Å²) in [6.45, 7) is 1.91. The monoisotopic (exact) mass is 276 g/mol. The first-order valence-corrected chi connectivity index (χ1v) is 6.61. The Morgan fingerprint density at radius 2 is 2.05 bits per heavy atom. The van der Waals surface area contributed by atoms with E-state index in [9.17, 15) is 4.79 Å². The Kier molecular flexibility index (Phi) is 3.03. The molecule has 3 rings (SSSR count). The zero-order valence-electron chi connectivity index (χ0n) is 10.3. The number of aromatic carboxylic acids is 1. The van der Waals surface area contributed by atoms with Gasteiger partial charge in [-0.1, -0.05) is 11.6 Å². The van der Waals surface area contributed by atoms with Crippen LogP contribution in [-0.2, 0) is 0 Å². The molecule has 4 nitrogen and oxygen atoms in total. The van der Waals surface area contributed by atoms with Gasteiger partial charge in [0.2, 0.25) is 0 Å². The van der Waals surface area contributed by atoms with E-state index in [1.807, 2.05) is 0 Å². The van der Waals surface area contributed by atoms with Gasteiger partial charge in [0.25, 0.3) is 0 Å². The lowest BCUT2D eigenvalue weighted by Crippen LogP contribution is -2.18. The number of nitrogens with zero attached hydrogens (tertiary/aromatic N) is 2. The van der Waals surface area contributed by atoms with Crippen molar-refractivity contribution in [1.82, 2.24) is 4.98 Å². The van der Waals surface area contributed by atoms with Crippen LogP contribution in [0.1, 0.15) is 23.2 Å². The molecule has 98 valence electrons. The van der Waals surface area contributed by atoms with Crippen LogP contribution in [0, 0.1) is 0 Å². The van der Waals surface area contributed by atoms with Gasteiger partial charge in [0.15, 0.2) is 0 Å². The molecule has 1 aromatic carbocycles. The van der Waals surface area contributed by atoms with Crippen LogP contribution in [-0.4, -0.2) is 29.1 Å². The zero-order valence-corrected chi connectivity index (χ0v) is 11.0. The van der Waals surface area contributed by atoms with Crippen molar-refractivity contribution in [3.8, 4) is 0 Å². The van der Waals surface area contributed by atoms with Crippen LogP contribution in [0.15, 0.2) is 24.4 Å². The van der Waals surface area contributed by atoms with E-state index in [-0.39, 0.29) is 5.56 Å². The minimum Gasteiger partial charge on any atom is -0.478 e. The fourth-order valence-corrected chi connectivity index (χ4v) is 2.82. The van der Waals surface area contributed by atoms with Gasteiger partial charge in [-0.3, -0.25) is 4.98 Å². The molecule has 0 radical (unpaired) electrons. The predicted molar refractivity (Wildman–Crippen MR) is 75.2 cm³/mol. The van der Waals surface area contributed by atoms with Crippen molar-refractivity contribution in [3.63, 3.8) is 0 Å². The van der Waals surface area contributed by atoms with Crippen molar-refractivity contribution >= 4 is 34.2 Å². The molecule has 1 N–H and O–H groups in total. The fraction of sp³-hybridized carbons (Fsp3) is 0.286. The number of anilines is 1. The summed E-state index contributed by atoms with van der Waals surface area (Å²) in [7, 11) is 0. The molecule has 2 heterocycles. The van der Waals surface area contributed by atoms with E-state index in [1.54, 1.807) is 24.4 Å². The number of carboxylic acids is 1. The largest absolute Gasteiger partial charge is 0.478 e. The summed E-state index contributed by atoms with van der Waals surface area (Å²) in [5.74, 6) is -0.936. The van der Waals surface area contributed by atoms with Crippen LogP contribution in [0.5, 0.6) is 0 Å². The van der Waals surface area contributed by atoms with E-state index >= 15 is 0 Å². The van der Waals surface area contributed by atoms with Crippen molar-refractivity contribution < 1.29 is 9.90 Å². The number of aromatic nitrogens is 1. The van der Waals surface area contributed by atoms with Crippen molar-refractivity contribution in [2.75, 3.05) is 18.0 Å². The lowest BCUT2D eigenvalue weighted by atomic mass is 10.1. The lowest BCUT2D eigenvalue weighted by molar-refractivity contribution is 0.0697. The van der Waals surface area contributed by atoms with Gasteiger partial charge in [-0.25, -0.2) is 4.79 Å². The first-order valence-electron chi connectivity index (χ1n) is 6.23. The molecule has 1 aromatic heterocycles. The average Bonchev–Trinajstić information content (AvgIpc) is 2.91. The third-order valence-corrected chi connectivity index (χ3v) is 3.74. The van der Waals surface area contributed by atoms with E-state index in [2.05, 4.69) is 9.88 Å². The number of carboxylic acid groups (broad SMARTS) is 1. The van der Waals surface area contributed by atoms with Crippen LogP contribution in [0.25, 0.3) is 10.9 Å². The highest BCUT2D eigenvalue weighted by molar-refractivity contribution is 6.34. The molecule has 0 atom stereocenters. The molecule has 0 unspecified atom stereocenters. The molecule has 19 heavy (non-hydrogen) atoms. The van der Waals surface area contributed by atoms with Crippen molar-refractivity contribution in [2.45, 2.75) is 12.8 Å². The van der Waals surface area contributed by atoms with Gasteiger partial charge in [-0.05, 0) is 31.0 Å². The second-order valence-electron chi connectivity index (χ2n) is 4.69. The maximum Gasteiger partial charge on any atom is 0.335 e. The Labute approximate surface area is 115 Å². The van der Waals surface area contributed by atoms with Crippen LogP contribution in [0.4, 0.5) is 5.69 Å². The molecule has 0 bridgehead atoms. The summed E-state index contributed by atoms with van der Waals surface area (Å²) < 4.78 is 0. The molecular weight excluding hydrogens is 264 g/mol. The summed E-state index contributed by atoms with van der Waals surface area (Å²) in [6, 6.07) is 4.96. The molecule has 0 amide bonds. The number of hydrogen-bond donors (Lipinski definition) is 1. The second kappa shape index (κ2) is 4.70. The molecule has 1 saturated heterocycles. The quantitative estimate of drug-likeness (QED) is 0.915. The third-order valence-electron chi connectivity index (χ3n) is 3.46. The lowest BCUT2D eigenvalue weighted by Gasteiger charge is -2.21. The average molecular weight is 277 g/mol. The van der Waals surface area contributed by atoms with E-state index < -0.39 is 5.97 Å².